The molecule has 6 heteroatoms. The molecule has 5 nitrogen and oxygen atoms in total. The summed E-state index contributed by atoms with van der Waals surface area (Å²) in [6.07, 6.45) is 1.86. The molecule has 0 aliphatic carbocycles. The van der Waals surface area contributed by atoms with Gasteiger partial charge in [0.1, 0.15) is 10.4 Å². The first-order valence-electron chi connectivity index (χ1n) is 8.82. The van der Waals surface area contributed by atoms with Gasteiger partial charge < -0.3 is 15.5 Å². The normalized spacial score (nSPS) is 12.6. The van der Waals surface area contributed by atoms with E-state index in [9.17, 15) is 4.79 Å². The van der Waals surface area contributed by atoms with Crippen LogP contribution in [0.1, 0.15) is 24.1 Å². The number of methoxy groups -OCH3 is 1. The van der Waals surface area contributed by atoms with Crippen molar-refractivity contribution in [2.24, 2.45) is 5.73 Å². The quantitative estimate of drug-likeness (QED) is 0.557. The highest BCUT2D eigenvalue weighted by Crippen LogP contribution is 2.41. The molecule has 0 bridgehead atoms. The van der Waals surface area contributed by atoms with Crippen LogP contribution in [0.3, 0.4) is 0 Å². The summed E-state index contributed by atoms with van der Waals surface area (Å²) in [5, 5.41) is 3.88. The van der Waals surface area contributed by atoms with Crippen LogP contribution >= 0.6 is 11.3 Å². The van der Waals surface area contributed by atoms with E-state index in [0.717, 1.165) is 49.1 Å². The van der Waals surface area contributed by atoms with Crippen LogP contribution in [0.2, 0.25) is 0 Å². The molecule has 3 N–H and O–H groups in total. The number of nitrogens with two attached hydrogens (primary N) is 1. The number of hydrogen-bond acceptors (Lipinski definition) is 5. The Bertz CT molecular complexity index is 1190. The highest BCUT2D eigenvalue weighted by Gasteiger charge is 2.18. The van der Waals surface area contributed by atoms with Gasteiger partial charge in [-0.25, -0.2) is 0 Å². The van der Waals surface area contributed by atoms with Crippen molar-refractivity contribution in [3.05, 3.63) is 57.5 Å². The molecule has 0 radical (unpaired) electrons. The van der Waals surface area contributed by atoms with Gasteiger partial charge in [0.25, 0.3) is 5.56 Å². The SMILES string of the molecule is COc1cc(C)c2[nH]c(=O)c3sccc3c2c1-c1ccc(C(C)CN)nc1. The predicted molar refractivity (Wildman–Crippen MR) is 112 cm³/mol. The van der Waals surface area contributed by atoms with Crippen molar-refractivity contribution >= 4 is 32.3 Å². The number of pyridine rings is 2. The van der Waals surface area contributed by atoms with Crippen molar-refractivity contribution in [3.63, 3.8) is 0 Å². The number of nitrogens with zero attached hydrogens (tertiary/aromatic N) is 1. The standard InChI is InChI=1S/C21H21N3O2S/c1-11-8-16(26-3)17(13-4-5-15(23-10-13)12(2)9-22)18-14-6-7-27-20(14)21(25)24-19(11)18/h4-8,10,12H,9,22H2,1-3H3,(H,24,25). The van der Waals surface area contributed by atoms with Crippen LogP contribution < -0.4 is 16.0 Å². The second-order valence-electron chi connectivity index (χ2n) is 6.75. The summed E-state index contributed by atoms with van der Waals surface area (Å²) in [7, 11) is 1.67. The fourth-order valence-corrected chi connectivity index (χ4v) is 4.28. The van der Waals surface area contributed by atoms with E-state index in [2.05, 4.69) is 16.9 Å². The maximum absolute atomic E-state index is 12.5. The molecule has 0 spiro atoms. The monoisotopic (exact) mass is 379 g/mol. The Kier molecular flexibility index (Phi) is 4.45. The van der Waals surface area contributed by atoms with Crippen molar-refractivity contribution in [3.8, 4) is 16.9 Å². The Morgan fingerprint density at radius 3 is 2.81 bits per heavy atom. The summed E-state index contributed by atoms with van der Waals surface area (Å²) in [6, 6.07) is 8.01. The van der Waals surface area contributed by atoms with E-state index in [1.54, 1.807) is 7.11 Å². The minimum Gasteiger partial charge on any atom is -0.496 e. The first kappa shape index (κ1) is 17.7. The molecular formula is C21H21N3O2S. The highest BCUT2D eigenvalue weighted by atomic mass is 32.1. The molecule has 0 aliphatic heterocycles. The van der Waals surface area contributed by atoms with Gasteiger partial charge in [0.15, 0.2) is 0 Å². The van der Waals surface area contributed by atoms with Crippen LogP contribution in [0, 0.1) is 6.92 Å². The smallest absolute Gasteiger partial charge is 0.266 e. The molecule has 1 unspecified atom stereocenters. The van der Waals surface area contributed by atoms with Gasteiger partial charge in [0, 0.05) is 46.3 Å². The predicted octanol–water partition coefficient (Wildman–Crippen LogP) is 4.18. The topological polar surface area (TPSA) is 81.0 Å². The highest BCUT2D eigenvalue weighted by molar-refractivity contribution is 7.17. The van der Waals surface area contributed by atoms with Crippen LogP contribution in [0.15, 0.2) is 40.6 Å². The van der Waals surface area contributed by atoms with Crippen LogP contribution in [0.4, 0.5) is 0 Å². The lowest BCUT2D eigenvalue weighted by molar-refractivity contribution is 0.416. The van der Waals surface area contributed by atoms with Crippen LogP contribution in [-0.4, -0.2) is 23.6 Å². The number of aromatic nitrogens is 2. The summed E-state index contributed by atoms with van der Waals surface area (Å²) in [6.45, 7) is 4.59. The Hall–Kier alpha value is -2.70. The number of nitrogens with one attached hydrogen (secondary N) is 1. The molecule has 4 rings (SSSR count). The van der Waals surface area contributed by atoms with Gasteiger partial charge in [0.05, 0.1) is 12.6 Å². The van der Waals surface area contributed by atoms with Gasteiger partial charge in [0.2, 0.25) is 0 Å². The molecule has 4 aromatic rings. The third-order valence-electron chi connectivity index (χ3n) is 5.02. The Balaban J connectivity index is 2.08. The van der Waals surface area contributed by atoms with Crippen molar-refractivity contribution in [1.29, 1.82) is 0 Å². The zero-order valence-electron chi connectivity index (χ0n) is 15.5. The van der Waals surface area contributed by atoms with E-state index < -0.39 is 0 Å². The van der Waals surface area contributed by atoms with Crippen molar-refractivity contribution < 1.29 is 4.74 Å². The minimum absolute atomic E-state index is 0.0584. The molecule has 3 aromatic heterocycles. The van der Waals surface area contributed by atoms with E-state index in [1.165, 1.54) is 11.3 Å². The summed E-state index contributed by atoms with van der Waals surface area (Å²) >= 11 is 1.45. The third-order valence-corrected chi connectivity index (χ3v) is 5.93. The van der Waals surface area contributed by atoms with Gasteiger partial charge >= 0.3 is 0 Å². The number of ether oxygens (including phenoxy) is 1. The summed E-state index contributed by atoms with van der Waals surface area (Å²) in [4.78, 5) is 20.1. The molecule has 0 aliphatic rings. The number of aryl methyl sites for hydroxylation is 1. The van der Waals surface area contributed by atoms with Gasteiger partial charge in [-0.2, -0.15) is 0 Å². The first-order valence-corrected chi connectivity index (χ1v) is 9.70. The fourth-order valence-electron chi connectivity index (χ4n) is 3.48. The number of hydrogen-bond donors (Lipinski definition) is 2. The zero-order valence-corrected chi connectivity index (χ0v) is 16.3. The lowest BCUT2D eigenvalue weighted by Crippen LogP contribution is -2.10. The maximum Gasteiger partial charge on any atom is 0.266 e. The fraction of sp³-hybridized carbons (Fsp3) is 0.238. The van der Waals surface area contributed by atoms with E-state index in [4.69, 9.17) is 10.5 Å². The average molecular weight is 379 g/mol. The van der Waals surface area contributed by atoms with E-state index in [-0.39, 0.29) is 11.5 Å². The van der Waals surface area contributed by atoms with E-state index in [1.807, 2.05) is 42.8 Å². The van der Waals surface area contributed by atoms with E-state index >= 15 is 0 Å². The van der Waals surface area contributed by atoms with Crippen LogP contribution in [-0.2, 0) is 0 Å². The number of rotatable bonds is 4. The maximum atomic E-state index is 12.5. The lowest BCUT2D eigenvalue weighted by atomic mass is 9.95. The second kappa shape index (κ2) is 6.79. The largest absolute Gasteiger partial charge is 0.496 e. The number of benzene rings is 1. The molecule has 0 amide bonds. The molecule has 0 fully saturated rings. The van der Waals surface area contributed by atoms with E-state index in [0.29, 0.717) is 6.54 Å². The first-order chi connectivity index (χ1) is 13.0. The lowest BCUT2D eigenvalue weighted by Gasteiger charge is -2.16. The molecular weight excluding hydrogens is 358 g/mol. The van der Waals surface area contributed by atoms with Gasteiger partial charge in [-0.3, -0.25) is 9.78 Å². The summed E-state index contributed by atoms with van der Waals surface area (Å²) < 4.78 is 6.43. The van der Waals surface area contributed by atoms with Crippen molar-refractivity contribution in [1.82, 2.24) is 9.97 Å². The van der Waals surface area contributed by atoms with Gasteiger partial charge in [-0.05, 0) is 36.1 Å². The van der Waals surface area contributed by atoms with Crippen molar-refractivity contribution in [2.45, 2.75) is 19.8 Å². The minimum atomic E-state index is -0.0584. The number of aromatic amines is 1. The Labute approximate surface area is 160 Å². The molecule has 0 saturated carbocycles. The molecule has 0 saturated heterocycles. The third kappa shape index (κ3) is 2.81. The Morgan fingerprint density at radius 1 is 1.33 bits per heavy atom. The average Bonchev–Trinajstić information content (AvgIpc) is 3.18. The summed E-state index contributed by atoms with van der Waals surface area (Å²) in [5.41, 5.74) is 10.4. The molecule has 138 valence electrons. The summed E-state index contributed by atoms with van der Waals surface area (Å²) in [5.74, 6) is 0.969. The van der Waals surface area contributed by atoms with Gasteiger partial charge in [-0.15, -0.1) is 11.3 Å². The second-order valence-corrected chi connectivity index (χ2v) is 7.66. The number of H-pyrrole nitrogens is 1. The van der Waals surface area contributed by atoms with Gasteiger partial charge in [-0.1, -0.05) is 13.0 Å². The van der Waals surface area contributed by atoms with Crippen molar-refractivity contribution in [2.75, 3.05) is 13.7 Å². The van der Waals surface area contributed by atoms with Crippen LogP contribution in [0.5, 0.6) is 5.75 Å². The molecule has 1 aromatic carbocycles. The molecule has 27 heavy (non-hydrogen) atoms. The number of thiophene rings is 1. The molecule has 1 atom stereocenters. The Morgan fingerprint density at radius 2 is 2.15 bits per heavy atom. The number of fused-ring (bicyclic) bond motifs is 3. The zero-order chi connectivity index (χ0) is 19.1. The molecule has 3 heterocycles. The van der Waals surface area contributed by atoms with Crippen LogP contribution in [0.25, 0.3) is 32.1 Å².